The molecule has 0 aromatic heterocycles. The lowest BCUT2D eigenvalue weighted by atomic mass is 9.92. The van der Waals surface area contributed by atoms with E-state index in [1.165, 1.54) is 4.90 Å². The minimum Gasteiger partial charge on any atom is -0.481 e. The number of hydrogen-bond acceptors (Lipinski definition) is 4. The zero-order valence-electron chi connectivity index (χ0n) is 10.7. The van der Waals surface area contributed by atoms with Crippen molar-refractivity contribution < 1.29 is 24.9 Å². The second-order valence-corrected chi connectivity index (χ2v) is 4.54. The van der Waals surface area contributed by atoms with E-state index in [0.717, 1.165) is 0 Å². The first-order valence-corrected chi connectivity index (χ1v) is 6.28. The Labute approximate surface area is 112 Å². The normalized spacial score (nSPS) is 22.9. The standard InChI is InChI=1S/C13H19NO5/c15-8-10-3-1-2-6-14(7-11(10)9-16)12(17)4-5-13(18)19/h10-11,15-16H,2,4-9H2,(H,18,19). The Hall–Kier alpha value is -1.58. The molecular weight excluding hydrogens is 250 g/mol. The number of aliphatic hydroxyl groups is 2. The van der Waals surface area contributed by atoms with E-state index in [-0.39, 0.29) is 43.8 Å². The maximum atomic E-state index is 11.9. The Morgan fingerprint density at radius 1 is 1.21 bits per heavy atom. The molecule has 2 atom stereocenters. The van der Waals surface area contributed by atoms with Crippen molar-refractivity contribution in [2.45, 2.75) is 19.3 Å². The molecule has 1 heterocycles. The van der Waals surface area contributed by atoms with Crippen molar-refractivity contribution in [1.82, 2.24) is 4.90 Å². The fourth-order valence-corrected chi connectivity index (χ4v) is 1.99. The topological polar surface area (TPSA) is 98.1 Å². The molecule has 1 rings (SSSR count). The number of carboxylic acid groups (broad SMARTS) is 1. The molecule has 0 aromatic rings. The molecule has 0 aromatic carbocycles. The molecule has 0 fully saturated rings. The Bertz CT molecular complexity index is 384. The van der Waals surface area contributed by atoms with Crippen LogP contribution < -0.4 is 0 Å². The molecule has 0 saturated carbocycles. The highest BCUT2D eigenvalue weighted by Gasteiger charge is 2.25. The number of rotatable bonds is 5. The van der Waals surface area contributed by atoms with Crippen LogP contribution in [0.3, 0.4) is 0 Å². The van der Waals surface area contributed by atoms with Crippen LogP contribution in [0.5, 0.6) is 0 Å². The number of aliphatic hydroxyl groups excluding tert-OH is 2. The van der Waals surface area contributed by atoms with E-state index in [0.29, 0.717) is 19.5 Å². The first-order chi connectivity index (χ1) is 9.08. The van der Waals surface area contributed by atoms with Crippen LogP contribution in [0, 0.1) is 23.7 Å². The summed E-state index contributed by atoms with van der Waals surface area (Å²) in [6.45, 7) is 0.410. The number of nitrogens with zero attached hydrogens (tertiary/aromatic N) is 1. The predicted molar refractivity (Wildman–Crippen MR) is 67.0 cm³/mol. The lowest BCUT2D eigenvalue weighted by Crippen LogP contribution is -2.41. The molecule has 1 aliphatic rings. The van der Waals surface area contributed by atoms with Crippen molar-refractivity contribution in [3.63, 3.8) is 0 Å². The first kappa shape index (κ1) is 15.5. The average molecular weight is 269 g/mol. The minimum absolute atomic E-state index is 0.0509. The summed E-state index contributed by atoms with van der Waals surface area (Å²) in [6, 6.07) is 0. The van der Waals surface area contributed by atoms with Crippen LogP contribution in [0.25, 0.3) is 0 Å². The smallest absolute Gasteiger partial charge is 0.303 e. The molecule has 3 N–H and O–H groups in total. The van der Waals surface area contributed by atoms with E-state index in [1.54, 1.807) is 0 Å². The fraction of sp³-hybridized carbons (Fsp3) is 0.692. The number of carbonyl (C=O) groups is 2. The van der Waals surface area contributed by atoms with Crippen LogP contribution >= 0.6 is 0 Å². The second-order valence-electron chi connectivity index (χ2n) is 4.54. The van der Waals surface area contributed by atoms with Crippen molar-refractivity contribution in [3.8, 4) is 11.8 Å². The molecule has 2 unspecified atom stereocenters. The fourth-order valence-electron chi connectivity index (χ4n) is 1.99. The SMILES string of the molecule is O=C(O)CCC(=O)N1CCC#CC(CO)C(CO)C1. The van der Waals surface area contributed by atoms with Gasteiger partial charge in [-0.1, -0.05) is 5.92 Å². The maximum Gasteiger partial charge on any atom is 0.303 e. The van der Waals surface area contributed by atoms with Gasteiger partial charge in [-0.3, -0.25) is 9.59 Å². The third kappa shape index (κ3) is 4.89. The quantitative estimate of drug-likeness (QED) is 0.574. The van der Waals surface area contributed by atoms with Gasteiger partial charge in [0.25, 0.3) is 0 Å². The van der Waals surface area contributed by atoms with Gasteiger partial charge in [-0.05, 0) is 0 Å². The zero-order valence-corrected chi connectivity index (χ0v) is 10.7. The molecule has 1 aliphatic heterocycles. The van der Waals surface area contributed by atoms with Gasteiger partial charge in [0.1, 0.15) is 0 Å². The van der Waals surface area contributed by atoms with E-state index in [2.05, 4.69) is 11.8 Å². The lowest BCUT2D eigenvalue weighted by Gasteiger charge is -2.30. The van der Waals surface area contributed by atoms with Gasteiger partial charge in [-0.2, -0.15) is 0 Å². The number of amides is 1. The van der Waals surface area contributed by atoms with Crippen LogP contribution in [0.4, 0.5) is 0 Å². The van der Waals surface area contributed by atoms with E-state index in [4.69, 9.17) is 5.11 Å². The molecule has 0 bridgehead atoms. The van der Waals surface area contributed by atoms with Gasteiger partial charge >= 0.3 is 5.97 Å². The van der Waals surface area contributed by atoms with Gasteiger partial charge in [0, 0.05) is 38.5 Å². The zero-order chi connectivity index (χ0) is 14.3. The molecule has 1 amide bonds. The Morgan fingerprint density at radius 3 is 2.53 bits per heavy atom. The number of hydrogen-bond donors (Lipinski definition) is 3. The summed E-state index contributed by atoms with van der Waals surface area (Å²) >= 11 is 0. The summed E-state index contributed by atoms with van der Waals surface area (Å²) < 4.78 is 0. The van der Waals surface area contributed by atoms with Crippen LogP contribution in [-0.2, 0) is 9.59 Å². The van der Waals surface area contributed by atoms with Crippen molar-refractivity contribution in [1.29, 1.82) is 0 Å². The molecule has 6 nitrogen and oxygen atoms in total. The summed E-state index contributed by atoms with van der Waals surface area (Å²) in [5, 5.41) is 27.1. The van der Waals surface area contributed by atoms with Crippen molar-refractivity contribution in [2.24, 2.45) is 11.8 Å². The molecular formula is C13H19NO5. The highest BCUT2D eigenvalue weighted by atomic mass is 16.4. The number of carboxylic acids is 1. The third-order valence-corrected chi connectivity index (χ3v) is 3.15. The van der Waals surface area contributed by atoms with Gasteiger partial charge in [0.15, 0.2) is 0 Å². The highest BCUT2D eigenvalue weighted by molar-refractivity contribution is 5.80. The predicted octanol–water partition coefficient (Wildman–Crippen LogP) is -0.696. The van der Waals surface area contributed by atoms with Crippen LogP contribution in [0.15, 0.2) is 0 Å². The minimum atomic E-state index is -1.01. The molecule has 0 spiro atoms. The van der Waals surface area contributed by atoms with Gasteiger partial charge in [0.05, 0.1) is 18.9 Å². The summed E-state index contributed by atoms with van der Waals surface area (Å²) in [7, 11) is 0. The van der Waals surface area contributed by atoms with E-state index in [9.17, 15) is 19.8 Å². The Kier molecular flexibility index (Phi) is 6.33. The van der Waals surface area contributed by atoms with Crippen molar-refractivity contribution in [2.75, 3.05) is 26.3 Å². The van der Waals surface area contributed by atoms with Crippen LogP contribution in [-0.4, -0.2) is 58.4 Å². The third-order valence-electron chi connectivity index (χ3n) is 3.15. The molecule has 0 radical (unpaired) electrons. The second kappa shape index (κ2) is 7.77. The van der Waals surface area contributed by atoms with Crippen LogP contribution in [0.2, 0.25) is 0 Å². The average Bonchev–Trinajstić information content (AvgIpc) is 2.36. The van der Waals surface area contributed by atoms with E-state index >= 15 is 0 Å². The van der Waals surface area contributed by atoms with Crippen molar-refractivity contribution in [3.05, 3.63) is 0 Å². The van der Waals surface area contributed by atoms with E-state index < -0.39 is 5.97 Å². The molecule has 0 aliphatic carbocycles. The summed E-state index contributed by atoms with van der Waals surface area (Å²) in [4.78, 5) is 23.9. The highest BCUT2D eigenvalue weighted by Crippen LogP contribution is 2.16. The van der Waals surface area contributed by atoms with Gasteiger partial charge < -0.3 is 20.2 Å². The molecule has 0 saturated heterocycles. The van der Waals surface area contributed by atoms with E-state index in [1.807, 2.05) is 0 Å². The van der Waals surface area contributed by atoms with Gasteiger partial charge in [0.2, 0.25) is 5.91 Å². The monoisotopic (exact) mass is 269 g/mol. The summed E-state index contributed by atoms with van der Waals surface area (Å²) in [5.74, 6) is 3.86. The van der Waals surface area contributed by atoms with Gasteiger partial charge in [-0.25, -0.2) is 0 Å². The number of carbonyl (C=O) groups excluding carboxylic acids is 1. The molecule has 106 valence electrons. The van der Waals surface area contributed by atoms with Crippen molar-refractivity contribution >= 4 is 11.9 Å². The Balaban J connectivity index is 2.67. The molecule has 6 heteroatoms. The maximum absolute atomic E-state index is 11.9. The lowest BCUT2D eigenvalue weighted by molar-refractivity contribution is -0.141. The summed E-state index contributed by atoms with van der Waals surface area (Å²) in [5.41, 5.74) is 0. The molecule has 19 heavy (non-hydrogen) atoms. The largest absolute Gasteiger partial charge is 0.481 e. The number of aliphatic carboxylic acids is 1. The van der Waals surface area contributed by atoms with Crippen LogP contribution in [0.1, 0.15) is 19.3 Å². The first-order valence-electron chi connectivity index (χ1n) is 6.28. The Morgan fingerprint density at radius 2 is 1.95 bits per heavy atom. The summed E-state index contributed by atoms with van der Waals surface area (Å²) in [6.07, 6.45) is 0.242. The van der Waals surface area contributed by atoms with Gasteiger partial charge in [-0.15, -0.1) is 5.92 Å².